The lowest BCUT2D eigenvalue weighted by Crippen LogP contribution is -2.45. The van der Waals surface area contributed by atoms with Gasteiger partial charge >= 0.3 is 0 Å². The first-order chi connectivity index (χ1) is 6.20. The lowest BCUT2D eigenvalue weighted by atomic mass is 10.1. The highest BCUT2D eigenvalue weighted by molar-refractivity contribution is 5.12. The number of hydrogen-bond donors (Lipinski definition) is 1. The Morgan fingerprint density at radius 3 is 2.69 bits per heavy atom. The maximum Gasteiger partial charge on any atom is 0.0936 e. The molecule has 1 aliphatic carbocycles. The van der Waals surface area contributed by atoms with E-state index in [0.717, 1.165) is 13.0 Å². The molecule has 0 aliphatic heterocycles. The molecule has 3 heteroatoms. The van der Waals surface area contributed by atoms with Gasteiger partial charge in [-0.1, -0.05) is 19.1 Å². The standard InChI is InChI=1S/C10H19NO2/c1-4-7-11(2)10-8(12)5-6-9(10)13-3/h5-6,8-10,12H,4,7H2,1-3H3/t8-,9-,10-/m1/s1. The minimum absolute atomic E-state index is 0.0338. The highest BCUT2D eigenvalue weighted by atomic mass is 16.5. The first-order valence-corrected chi connectivity index (χ1v) is 4.80. The largest absolute Gasteiger partial charge is 0.387 e. The second kappa shape index (κ2) is 4.74. The van der Waals surface area contributed by atoms with Crippen molar-refractivity contribution in [3.8, 4) is 0 Å². The third-order valence-corrected chi connectivity index (χ3v) is 2.54. The van der Waals surface area contributed by atoms with Crippen molar-refractivity contribution in [2.45, 2.75) is 31.6 Å². The fraction of sp³-hybridized carbons (Fsp3) is 0.800. The first-order valence-electron chi connectivity index (χ1n) is 4.80. The van der Waals surface area contributed by atoms with Crippen molar-refractivity contribution in [2.24, 2.45) is 0 Å². The Hall–Kier alpha value is -0.380. The molecule has 0 bridgehead atoms. The van der Waals surface area contributed by atoms with Gasteiger partial charge in [-0.2, -0.15) is 0 Å². The zero-order chi connectivity index (χ0) is 9.84. The van der Waals surface area contributed by atoms with Crippen LogP contribution >= 0.6 is 0 Å². The van der Waals surface area contributed by atoms with Crippen LogP contribution in [-0.4, -0.2) is 49.0 Å². The fourth-order valence-electron chi connectivity index (χ4n) is 1.88. The summed E-state index contributed by atoms with van der Waals surface area (Å²) in [6, 6.07) is 0.0879. The molecule has 0 saturated carbocycles. The Morgan fingerprint density at radius 2 is 2.15 bits per heavy atom. The van der Waals surface area contributed by atoms with Gasteiger partial charge in [-0.15, -0.1) is 0 Å². The van der Waals surface area contributed by atoms with Crippen LogP contribution < -0.4 is 0 Å². The predicted molar refractivity (Wildman–Crippen MR) is 52.7 cm³/mol. The van der Waals surface area contributed by atoms with E-state index in [9.17, 15) is 5.11 Å². The maximum absolute atomic E-state index is 9.68. The highest BCUT2D eigenvalue weighted by Crippen LogP contribution is 2.19. The van der Waals surface area contributed by atoms with Gasteiger partial charge in [-0.3, -0.25) is 4.90 Å². The van der Waals surface area contributed by atoms with Crippen molar-refractivity contribution in [1.29, 1.82) is 0 Å². The van der Waals surface area contributed by atoms with Crippen molar-refractivity contribution in [3.05, 3.63) is 12.2 Å². The zero-order valence-electron chi connectivity index (χ0n) is 8.60. The van der Waals surface area contributed by atoms with Gasteiger partial charge in [0.05, 0.1) is 18.2 Å². The van der Waals surface area contributed by atoms with Crippen LogP contribution in [0.15, 0.2) is 12.2 Å². The van der Waals surface area contributed by atoms with E-state index in [1.165, 1.54) is 0 Å². The topological polar surface area (TPSA) is 32.7 Å². The second-order valence-corrected chi connectivity index (χ2v) is 3.55. The molecule has 0 amide bonds. The molecule has 1 rings (SSSR count). The van der Waals surface area contributed by atoms with Crippen LogP contribution in [-0.2, 0) is 4.74 Å². The van der Waals surface area contributed by atoms with Gasteiger partial charge in [0.2, 0.25) is 0 Å². The number of likely N-dealkylation sites (N-methyl/N-ethyl adjacent to an activating group) is 1. The second-order valence-electron chi connectivity index (χ2n) is 3.55. The molecule has 0 spiro atoms. The van der Waals surface area contributed by atoms with Crippen LogP contribution in [0, 0.1) is 0 Å². The molecule has 0 aromatic rings. The minimum Gasteiger partial charge on any atom is -0.387 e. The van der Waals surface area contributed by atoms with Crippen LogP contribution in [0.2, 0.25) is 0 Å². The van der Waals surface area contributed by atoms with Crippen LogP contribution in [0.25, 0.3) is 0 Å². The Morgan fingerprint density at radius 1 is 1.46 bits per heavy atom. The molecule has 1 N–H and O–H groups in total. The summed E-state index contributed by atoms with van der Waals surface area (Å²) >= 11 is 0. The average Bonchev–Trinajstić information content (AvgIpc) is 2.47. The van der Waals surface area contributed by atoms with Gasteiger partial charge in [-0.05, 0) is 20.0 Å². The summed E-state index contributed by atoms with van der Waals surface area (Å²) in [5, 5.41) is 9.68. The molecule has 0 fully saturated rings. The number of aliphatic hydroxyl groups excluding tert-OH is 1. The molecule has 0 heterocycles. The monoisotopic (exact) mass is 185 g/mol. The summed E-state index contributed by atoms with van der Waals surface area (Å²) in [4.78, 5) is 2.15. The molecule has 0 aromatic carbocycles. The van der Waals surface area contributed by atoms with Gasteiger partial charge < -0.3 is 9.84 Å². The third kappa shape index (κ3) is 2.30. The average molecular weight is 185 g/mol. The molecule has 1 aliphatic rings. The molecular weight excluding hydrogens is 166 g/mol. The highest BCUT2D eigenvalue weighted by Gasteiger charge is 2.33. The summed E-state index contributed by atoms with van der Waals surface area (Å²) in [7, 11) is 3.70. The number of methoxy groups -OCH3 is 1. The summed E-state index contributed by atoms with van der Waals surface area (Å²) in [6.45, 7) is 3.12. The van der Waals surface area contributed by atoms with Crippen molar-refractivity contribution < 1.29 is 9.84 Å². The van der Waals surface area contributed by atoms with Crippen LogP contribution in [0.1, 0.15) is 13.3 Å². The summed E-state index contributed by atoms with van der Waals surface area (Å²) in [5.41, 5.74) is 0. The fourth-order valence-corrected chi connectivity index (χ4v) is 1.88. The van der Waals surface area contributed by atoms with E-state index < -0.39 is 0 Å². The van der Waals surface area contributed by atoms with Gasteiger partial charge in [0.1, 0.15) is 0 Å². The number of aliphatic hydroxyl groups is 1. The third-order valence-electron chi connectivity index (χ3n) is 2.54. The van der Waals surface area contributed by atoms with E-state index in [2.05, 4.69) is 11.8 Å². The molecule has 0 unspecified atom stereocenters. The van der Waals surface area contributed by atoms with Crippen molar-refractivity contribution >= 4 is 0 Å². The van der Waals surface area contributed by atoms with E-state index >= 15 is 0 Å². The van der Waals surface area contributed by atoms with E-state index in [0.29, 0.717) is 0 Å². The lowest BCUT2D eigenvalue weighted by Gasteiger charge is -2.30. The van der Waals surface area contributed by atoms with E-state index in [4.69, 9.17) is 4.74 Å². The number of nitrogens with zero attached hydrogens (tertiary/aromatic N) is 1. The van der Waals surface area contributed by atoms with E-state index in [-0.39, 0.29) is 18.2 Å². The Bertz CT molecular complexity index is 182. The maximum atomic E-state index is 9.68. The Balaban J connectivity index is 2.55. The van der Waals surface area contributed by atoms with Gasteiger partial charge in [0.15, 0.2) is 0 Å². The van der Waals surface area contributed by atoms with E-state index in [1.807, 2.05) is 19.2 Å². The zero-order valence-corrected chi connectivity index (χ0v) is 8.60. The van der Waals surface area contributed by atoms with E-state index in [1.54, 1.807) is 7.11 Å². The number of hydrogen-bond acceptors (Lipinski definition) is 3. The molecule has 3 nitrogen and oxygen atoms in total. The van der Waals surface area contributed by atoms with Crippen LogP contribution in [0.4, 0.5) is 0 Å². The van der Waals surface area contributed by atoms with Crippen molar-refractivity contribution in [2.75, 3.05) is 20.7 Å². The first kappa shape index (κ1) is 10.7. The van der Waals surface area contributed by atoms with Crippen LogP contribution in [0.5, 0.6) is 0 Å². The Kier molecular flexibility index (Phi) is 3.90. The summed E-state index contributed by atoms with van der Waals surface area (Å²) < 4.78 is 5.27. The number of rotatable bonds is 4. The SMILES string of the molecule is CCCN(C)[C@@H]1[C@H](O)C=C[C@H]1OC. The smallest absolute Gasteiger partial charge is 0.0936 e. The Labute approximate surface area is 80.0 Å². The molecule has 13 heavy (non-hydrogen) atoms. The number of ether oxygens (including phenoxy) is 1. The molecule has 0 aromatic heterocycles. The van der Waals surface area contributed by atoms with Crippen LogP contribution in [0.3, 0.4) is 0 Å². The summed E-state index contributed by atoms with van der Waals surface area (Å²) in [6.07, 6.45) is 4.48. The van der Waals surface area contributed by atoms with Gasteiger partial charge in [0.25, 0.3) is 0 Å². The van der Waals surface area contributed by atoms with Gasteiger partial charge in [0, 0.05) is 7.11 Å². The molecule has 0 radical (unpaired) electrons. The predicted octanol–water partition coefficient (Wildman–Crippen LogP) is 0.642. The minimum atomic E-state index is -0.388. The summed E-state index contributed by atoms with van der Waals surface area (Å²) in [5.74, 6) is 0. The normalized spacial score (nSPS) is 33.2. The lowest BCUT2D eigenvalue weighted by molar-refractivity contribution is 0.0134. The van der Waals surface area contributed by atoms with Crippen molar-refractivity contribution in [1.82, 2.24) is 4.90 Å². The molecule has 3 atom stereocenters. The van der Waals surface area contributed by atoms with Crippen molar-refractivity contribution in [3.63, 3.8) is 0 Å². The quantitative estimate of drug-likeness (QED) is 0.652. The van der Waals surface area contributed by atoms with Gasteiger partial charge in [-0.25, -0.2) is 0 Å². The molecule has 0 saturated heterocycles. The molecular formula is C10H19NO2. The molecule has 76 valence electrons.